The lowest BCUT2D eigenvalue weighted by Crippen LogP contribution is -2.12. The third-order valence-corrected chi connectivity index (χ3v) is 6.76. The number of aliphatic hydroxyl groups is 1. The molecule has 0 saturated carbocycles. The fraction of sp³-hybridized carbons (Fsp3) is 0.500. The Morgan fingerprint density at radius 1 is 0.757 bits per heavy atom. The van der Waals surface area contributed by atoms with Gasteiger partial charge in [-0.1, -0.05) is 51.4 Å². The molecule has 37 heavy (non-hydrogen) atoms. The van der Waals surface area contributed by atoms with Crippen LogP contribution in [0, 0.1) is 0 Å². The molecule has 202 valence electrons. The molecule has 0 aliphatic heterocycles. The van der Waals surface area contributed by atoms with Gasteiger partial charge in [0.15, 0.2) is 16.9 Å². The topological polar surface area (TPSA) is 98.4 Å². The Labute approximate surface area is 219 Å². The van der Waals surface area contributed by atoms with Crippen molar-refractivity contribution in [2.45, 2.75) is 70.6 Å². The van der Waals surface area contributed by atoms with Crippen molar-refractivity contribution in [1.82, 2.24) is 0 Å². The number of hydrogen-bond donors (Lipinski definition) is 2. The van der Waals surface area contributed by atoms with Crippen LogP contribution in [0.25, 0.3) is 22.3 Å². The lowest BCUT2D eigenvalue weighted by molar-refractivity contribution is 0.282. The lowest BCUT2D eigenvalue weighted by Gasteiger charge is -2.14. The van der Waals surface area contributed by atoms with Crippen molar-refractivity contribution < 1.29 is 28.8 Å². The van der Waals surface area contributed by atoms with Crippen LogP contribution >= 0.6 is 0 Å². The van der Waals surface area contributed by atoms with Crippen molar-refractivity contribution in [2.24, 2.45) is 0 Å². The maximum Gasteiger partial charge on any atom is 0.200 e. The van der Waals surface area contributed by atoms with Crippen molar-refractivity contribution in [3.8, 4) is 34.3 Å². The molecule has 0 amide bonds. The number of methoxy groups -OCH3 is 3. The summed E-state index contributed by atoms with van der Waals surface area (Å²) in [5.74, 6) is 1.74. The summed E-state index contributed by atoms with van der Waals surface area (Å²) in [5, 5.41) is 19.3. The van der Waals surface area contributed by atoms with Gasteiger partial charge in [-0.05, 0) is 37.5 Å². The van der Waals surface area contributed by atoms with E-state index in [9.17, 15) is 9.90 Å². The van der Waals surface area contributed by atoms with Crippen LogP contribution < -0.4 is 19.6 Å². The van der Waals surface area contributed by atoms with Gasteiger partial charge >= 0.3 is 0 Å². The highest BCUT2D eigenvalue weighted by molar-refractivity contribution is 5.87. The van der Waals surface area contributed by atoms with Crippen molar-refractivity contribution in [2.75, 3.05) is 27.9 Å². The van der Waals surface area contributed by atoms with Crippen molar-refractivity contribution in [3.63, 3.8) is 0 Å². The average molecular weight is 513 g/mol. The fourth-order valence-electron chi connectivity index (χ4n) is 4.68. The summed E-state index contributed by atoms with van der Waals surface area (Å²) in [7, 11) is 4.57. The van der Waals surface area contributed by atoms with Gasteiger partial charge in [0.2, 0.25) is 0 Å². The van der Waals surface area contributed by atoms with Gasteiger partial charge in [0.1, 0.15) is 28.2 Å². The number of phenolic OH excluding ortho intramolecular Hbond substituents is 1. The highest BCUT2D eigenvalue weighted by Crippen LogP contribution is 2.37. The molecule has 3 rings (SSSR count). The van der Waals surface area contributed by atoms with Gasteiger partial charge in [0, 0.05) is 29.9 Å². The normalized spacial score (nSPS) is 11.1. The molecular formula is C30H40O7. The Morgan fingerprint density at radius 3 is 1.97 bits per heavy atom. The summed E-state index contributed by atoms with van der Waals surface area (Å²) in [5.41, 5.74) is 1.51. The molecule has 3 aromatic rings. The number of rotatable bonds is 16. The van der Waals surface area contributed by atoms with Crippen LogP contribution in [0.3, 0.4) is 0 Å². The Hall–Kier alpha value is -3.19. The largest absolute Gasteiger partial charge is 0.504 e. The second kappa shape index (κ2) is 14.5. The lowest BCUT2D eigenvalue weighted by atomic mass is 9.98. The molecule has 1 heterocycles. The van der Waals surface area contributed by atoms with E-state index in [0.717, 1.165) is 32.1 Å². The molecule has 0 aliphatic carbocycles. The maximum atomic E-state index is 13.8. The molecule has 0 fully saturated rings. The summed E-state index contributed by atoms with van der Waals surface area (Å²) < 4.78 is 22.5. The molecular weight excluding hydrogens is 472 g/mol. The monoisotopic (exact) mass is 512 g/mol. The van der Waals surface area contributed by atoms with E-state index in [-0.39, 0.29) is 11.2 Å². The number of phenols is 1. The number of ether oxygens (including phenoxy) is 3. The number of aliphatic hydroxyl groups excluding tert-OH is 1. The van der Waals surface area contributed by atoms with E-state index in [4.69, 9.17) is 23.7 Å². The third kappa shape index (κ3) is 7.41. The molecule has 0 saturated heterocycles. The van der Waals surface area contributed by atoms with Crippen LogP contribution in [0.1, 0.15) is 69.8 Å². The highest BCUT2D eigenvalue weighted by Gasteiger charge is 2.21. The predicted octanol–water partition coefficient (Wildman–Crippen LogP) is 6.63. The van der Waals surface area contributed by atoms with Gasteiger partial charge in [-0.15, -0.1) is 0 Å². The standard InChI is InChI=1S/C30H40O7/c1-34-22-19-26(36-3)28-27(20-22)37-30(21-15-16-24(32)25(18-21)35-2)23(29(28)33)14-12-10-8-6-4-5-7-9-11-13-17-31/h15-16,18-20,31-32H,4-14,17H2,1-3H3. The molecule has 1 aromatic heterocycles. The number of benzene rings is 2. The van der Waals surface area contributed by atoms with Gasteiger partial charge in [-0.2, -0.15) is 0 Å². The second-order valence-electron chi connectivity index (χ2n) is 9.34. The first-order valence-corrected chi connectivity index (χ1v) is 13.2. The van der Waals surface area contributed by atoms with Crippen LogP contribution in [0.5, 0.6) is 23.0 Å². The molecule has 2 N–H and O–H groups in total. The summed E-state index contributed by atoms with van der Waals surface area (Å²) in [6, 6.07) is 8.33. The number of fused-ring (bicyclic) bond motifs is 1. The number of hydrogen-bond acceptors (Lipinski definition) is 7. The zero-order chi connectivity index (χ0) is 26.6. The molecule has 0 radical (unpaired) electrons. The minimum atomic E-state index is -0.120. The van der Waals surface area contributed by atoms with Crippen LogP contribution in [0.15, 0.2) is 39.5 Å². The predicted molar refractivity (Wildman–Crippen MR) is 146 cm³/mol. The minimum absolute atomic E-state index is 0.0210. The molecule has 7 heteroatoms. The molecule has 0 atom stereocenters. The molecule has 2 aromatic carbocycles. The first-order chi connectivity index (χ1) is 18.0. The fourth-order valence-corrected chi connectivity index (χ4v) is 4.68. The Bertz CT molecular complexity index is 1200. The third-order valence-electron chi connectivity index (χ3n) is 6.76. The van der Waals surface area contributed by atoms with Crippen LogP contribution in [0.2, 0.25) is 0 Å². The summed E-state index contributed by atoms with van der Waals surface area (Å²) in [4.78, 5) is 13.8. The Balaban J connectivity index is 1.80. The first kappa shape index (κ1) is 28.4. The number of unbranched alkanes of at least 4 members (excludes halogenated alkanes) is 9. The molecule has 0 aliphatic rings. The molecule has 0 bridgehead atoms. The van der Waals surface area contributed by atoms with Crippen LogP contribution in [-0.2, 0) is 6.42 Å². The van der Waals surface area contributed by atoms with E-state index in [2.05, 4.69) is 0 Å². The maximum absolute atomic E-state index is 13.8. The quantitative estimate of drug-likeness (QED) is 0.208. The van der Waals surface area contributed by atoms with Crippen LogP contribution in [-0.4, -0.2) is 38.1 Å². The minimum Gasteiger partial charge on any atom is -0.504 e. The highest BCUT2D eigenvalue weighted by atomic mass is 16.5. The zero-order valence-corrected chi connectivity index (χ0v) is 22.3. The van der Waals surface area contributed by atoms with E-state index in [1.807, 2.05) is 0 Å². The summed E-state index contributed by atoms with van der Waals surface area (Å²) in [6.45, 7) is 0.290. The van der Waals surface area contributed by atoms with Gasteiger partial charge in [0.25, 0.3) is 0 Å². The Morgan fingerprint density at radius 2 is 1.38 bits per heavy atom. The zero-order valence-electron chi connectivity index (χ0n) is 22.3. The molecule has 7 nitrogen and oxygen atoms in total. The van der Waals surface area contributed by atoms with E-state index >= 15 is 0 Å². The van der Waals surface area contributed by atoms with Gasteiger partial charge < -0.3 is 28.8 Å². The van der Waals surface area contributed by atoms with E-state index < -0.39 is 0 Å². The Kier molecular flexibility index (Phi) is 11.1. The summed E-state index contributed by atoms with van der Waals surface area (Å²) >= 11 is 0. The van der Waals surface area contributed by atoms with Crippen molar-refractivity contribution in [1.29, 1.82) is 0 Å². The second-order valence-corrected chi connectivity index (χ2v) is 9.34. The van der Waals surface area contributed by atoms with Crippen LogP contribution in [0.4, 0.5) is 0 Å². The van der Waals surface area contributed by atoms with Crippen molar-refractivity contribution in [3.05, 3.63) is 46.1 Å². The van der Waals surface area contributed by atoms with Crippen molar-refractivity contribution >= 4 is 11.0 Å². The first-order valence-electron chi connectivity index (χ1n) is 13.2. The van der Waals surface area contributed by atoms with Gasteiger partial charge in [0.05, 0.1) is 21.3 Å². The smallest absolute Gasteiger partial charge is 0.200 e. The van der Waals surface area contributed by atoms with E-state index in [0.29, 0.717) is 58.1 Å². The molecule has 0 spiro atoms. The van der Waals surface area contributed by atoms with Gasteiger partial charge in [-0.25, -0.2) is 0 Å². The SMILES string of the molecule is COc1cc(OC)c2c(=O)c(CCCCCCCCCCCCO)c(-c3ccc(O)c(OC)c3)oc2c1. The van der Waals surface area contributed by atoms with E-state index in [1.54, 1.807) is 31.4 Å². The number of aromatic hydroxyl groups is 1. The average Bonchev–Trinajstić information content (AvgIpc) is 2.92. The molecule has 0 unspecified atom stereocenters. The summed E-state index contributed by atoms with van der Waals surface area (Å²) in [6.07, 6.45) is 11.7. The van der Waals surface area contributed by atoms with Gasteiger partial charge in [-0.3, -0.25) is 4.79 Å². The van der Waals surface area contributed by atoms with E-state index in [1.165, 1.54) is 52.4 Å².